The van der Waals surface area contributed by atoms with E-state index in [-0.39, 0.29) is 18.4 Å². The van der Waals surface area contributed by atoms with Gasteiger partial charge in [-0.1, -0.05) is 0 Å². The highest BCUT2D eigenvalue weighted by Gasteiger charge is 2.32. The van der Waals surface area contributed by atoms with Crippen LogP contribution in [0.25, 0.3) is 0 Å². The van der Waals surface area contributed by atoms with Crippen molar-refractivity contribution in [3.63, 3.8) is 0 Å². The average Bonchev–Trinajstić information content (AvgIpc) is 1.99. The molecule has 0 aromatic heterocycles. The van der Waals surface area contributed by atoms with Gasteiger partial charge in [-0.05, 0) is 6.92 Å². The van der Waals surface area contributed by atoms with Crippen molar-refractivity contribution in [2.45, 2.75) is 37.9 Å². The van der Waals surface area contributed by atoms with Gasteiger partial charge in [0.1, 0.15) is 0 Å². The molecule has 0 saturated carbocycles. The average molecular weight is 161 g/mol. The van der Waals surface area contributed by atoms with Gasteiger partial charge in [-0.2, -0.15) is 0 Å². The summed E-state index contributed by atoms with van der Waals surface area (Å²) in [4.78, 5) is 0. The van der Waals surface area contributed by atoms with Gasteiger partial charge in [0.2, 0.25) is 0 Å². The van der Waals surface area contributed by atoms with Gasteiger partial charge < -0.3 is 20.3 Å². The number of hydrogen-bond acceptors (Lipinski definition) is 4. The lowest BCUT2D eigenvalue weighted by atomic mass is 10.0. The highest BCUT2D eigenvalue weighted by Crippen LogP contribution is 2.18. The Bertz CT molecular complexity index is 119. The van der Waals surface area contributed by atoms with E-state index in [9.17, 15) is 5.11 Å². The smallest absolute Gasteiger partial charge is 0.159 e. The van der Waals surface area contributed by atoms with Crippen LogP contribution in [0.3, 0.4) is 0 Å². The zero-order valence-corrected chi connectivity index (χ0v) is 6.86. The van der Waals surface area contributed by atoms with Crippen molar-refractivity contribution >= 4 is 0 Å². The summed E-state index contributed by atoms with van der Waals surface area (Å²) in [6.07, 6.45) is -0.504. The van der Waals surface area contributed by atoms with Gasteiger partial charge in [0.15, 0.2) is 6.29 Å². The van der Waals surface area contributed by atoms with Gasteiger partial charge in [-0.15, -0.1) is 0 Å². The minimum absolute atomic E-state index is 0.233. The summed E-state index contributed by atoms with van der Waals surface area (Å²) in [7, 11) is 1.57. The molecule has 1 rings (SSSR count). The molecule has 1 fully saturated rings. The van der Waals surface area contributed by atoms with Crippen molar-refractivity contribution in [1.82, 2.24) is 0 Å². The minimum Gasteiger partial charge on any atom is -0.389 e. The van der Waals surface area contributed by atoms with E-state index in [2.05, 4.69) is 0 Å². The molecule has 0 aliphatic carbocycles. The Labute approximate surface area is 66.3 Å². The molecule has 2 unspecified atom stereocenters. The first-order valence-electron chi connectivity index (χ1n) is 3.77. The van der Waals surface area contributed by atoms with E-state index in [1.807, 2.05) is 0 Å². The number of ether oxygens (including phenoxy) is 2. The molecule has 1 heterocycles. The van der Waals surface area contributed by atoms with Gasteiger partial charge in [0.25, 0.3) is 0 Å². The predicted octanol–water partition coefficient (Wildman–Crippen LogP) is -0.544. The third kappa shape index (κ3) is 1.90. The second kappa shape index (κ2) is 3.49. The summed E-state index contributed by atoms with van der Waals surface area (Å²) in [6, 6.07) is -0.233. The Morgan fingerprint density at radius 3 is 2.73 bits per heavy atom. The first-order valence-corrected chi connectivity index (χ1v) is 3.77. The Hall–Kier alpha value is -0.160. The number of nitrogens with two attached hydrogens (primary N) is 1. The third-order valence-electron chi connectivity index (χ3n) is 2.01. The van der Waals surface area contributed by atoms with Crippen LogP contribution in [0.1, 0.15) is 13.3 Å². The molecule has 4 heteroatoms. The number of methoxy groups -OCH3 is 1. The molecule has 0 spiro atoms. The van der Waals surface area contributed by atoms with Gasteiger partial charge in [-0.3, -0.25) is 0 Å². The van der Waals surface area contributed by atoms with E-state index in [0.29, 0.717) is 6.42 Å². The normalized spacial score (nSPS) is 45.8. The van der Waals surface area contributed by atoms with Crippen LogP contribution in [0, 0.1) is 0 Å². The summed E-state index contributed by atoms with van der Waals surface area (Å²) in [5.74, 6) is 0. The van der Waals surface area contributed by atoms with E-state index in [4.69, 9.17) is 15.2 Å². The molecular formula is C7H15NO3. The van der Waals surface area contributed by atoms with E-state index < -0.39 is 6.10 Å². The molecule has 3 N–H and O–H groups in total. The lowest BCUT2D eigenvalue weighted by molar-refractivity contribution is -0.211. The molecule has 4 nitrogen and oxygen atoms in total. The second-order valence-electron chi connectivity index (χ2n) is 2.90. The number of aliphatic hydroxyl groups is 1. The molecule has 4 atom stereocenters. The number of rotatable bonds is 1. The van der Waals surface area contributed by atoms with Crippen molar-refractivity contribution in [2.75, 3.05) is 7.11 Å². The summed E-state index contributed by atoms with van der Waals surface area (Å²) in [5, 5.41) is 9.35. The van der Waals surface area contributed by atoms with Crippen LogP contribution in [-0.2, 0) is 9.47 Å². The van der Waals surface area contributed by atoms with Crippen LogP contribution >= 0.6 is 0 Å². The van der Waals surface area contributed by atoms with E-state index in [1.54, 1.807) is 14.0 Å². The first kappa shape index (κ1) is 8.93. The molecule has 0 aromatic carbocycles. The van der Waals surface area contributed by atoms with E-state index in [1.165, 1.54) is 0 Å². The van der Waals surface area contributed by atoms with Crippen molar-refractivity contribution in [1.29, 1.82) is 0 Å². The molecule has 0 radical (unpaired) electrons. The summed E-state index contributed by atoms with van der Waals surface area (Å²) in [6.45, 7) is 1.79. The summed E-state index contributed by atoms with van der Waals surface area (Å²) in [5.41, 5.74) is 5.62. The first-order chi connectivity index (χ1) is 5.15. The van der Waals surface area contributed by atoms with Gasteiger partial charge in [0.05, 0.1) is 12.2 Å². The monoisotopic (exact) mass is 161 g/mol. The molecule has 0 bridgehead atoms. The van der Waals surface area contributed by atoms with E-state index in [0.717, 1.165) is 0 Å². The fourth-order valence-corrected chi connectivity index (χ4v) is 1.24. The maximum atomic E-state index is 9.35. The molecule has 0 amide bonds. The van der Waals surface area contributed by atoms with Crippen LogP contribution in [0.5, 0.6) is 0 Å². The molecule has 66 valence electrons. The Balaban J connectivity index is 2.47. The van der Waals surface area contributed by atoms with E-state index >= 15 is 0 Å². The van der Waals surface area contributed by atoms with Crippen LogP contribution in [-0.4, -0.2) is 36.8 Å². The zero-order valence-electron chi connectivity index (χ0n) is 6.86. The topological polar surface area (TPSA) is 64.7 Å². The lowest BCUT2D eigenvalue weighted by Crippen LogP contribution is -2.51. The summed E-state index contributed by atoms with van der Waals surface area (Å²) < 4.78 is 10.2. The Kier molecular flexibility index (Phi) is 2.84. The van der Waals surface area contributed by atoms with Gasteiger partial charge in [-0.25, -0.2) is 0 Å². The lowest BCUT2D eigenvalue weighted by Gasteiger charge is -2.35. The van der Waals surface area contributed by atoms with Crippen LogP contribution < -0.4 is 5.73 Å². The summed E-state index contributed by atoms with van der Waals surface area (Å²) >= 11 is 0. The fourth-order valence-electron chi connectivity index (χ4n) is 1.24. The SMILES string of the molecule is CO[C@H]1C[C@@H](N)C(O)C(C)O1. The highest BCUT2D eigenvalue weighted by atomic mass is 16.7. The number of aliphatic hydroxyl groups excluding tert-OH is 1. The molecule has 0 aromatic rings. The highest BCUT2D eigenvalue weighted by molar-refractivity contribution is 4.82. The van der Waals surface area contributed by atoms with Gasteiger partial charge >= 0.3 is 0 Å². The third-order valence-corrected chi connectivity index (χ3v) is 2.01. The van der Waals surface area contributed by atoms with Crippen LogP contribution in [0.4, 0.5) is 0 Å². The van der Waals surface area contributed by atoms with Crippen molar-refractivity contribution in [3.05, 3.63) is 0 Å². The predicted molar refractivity (Wildman–Crippen MR) is 39.9 cm³/mol. The molecule has 1 aliphatic heterocycles. The fraction of sp³-hybridized carbons (Fsp3) is 1.00. The van der Waals surface area contributed by atoms with Crippen molar-refractivity contribution in [2.24, 2.45) is 5.73 Å². The molecule has 1 saturated heterocycles. The quantitative estimate of drug-likeness (QED) is 0.542. The Morgan fingerprint density at radius 2 is 2.27 bits per heavy atom. The van der Waals surface area contributed by atoms with Crippen LogP contribution in [0.2, 0.25) is 0 Å². The largest absolute Gasteiger partial charge is 0.389 e. The zero-order chi connectivity index (χ0) is 8.43. The second-order valence-corrected chi connectivity index (χ2v) is 2.90. The maximum absolute atomic E-state index is 9.35. The maximum Gasteiger partial charge on any atom is 0.159 e. The van der Waals surface area contributed by atoms with Crippen molar-refractivity contribution < 1.29 is 14.6 Å². The molecule has 11 heavy (non-hydrogen) atoms. The van der Waals surface area contributed by atoms with Gasteiger partial charge in [0, 0.05) is 19.6 Å². The standard InChI is InChI=1S/C7H15NO3/c1-4-7(9)5(8)3-6(10-2)11-4/h4-7,9H,3,8H2,1-2H3/t4?,5-,6-,7?/m1/s1. The Morgan fingerprint density at radius 1 is 1.64 bits per heavy atom. The molecular weight excluding hydrogens is 146 g/mol. The van der Waals surface area contributed by atoms with Crippen LogP contribution in [0.15, 0.2) is 0 Å². The molecule has 1 aliphatic rings. The number of hydrogen-bond donors (Lipinski definition) is 2. The minimum atomic E-state index is -0.568. The van der Waals surface area contributed by atoms with Crippen molar-refractivity contribution in [3.8, 4) is 0 Å².